The summed E-state index contributed by atoms with van der Waals surface area (Å²) in [7, 11) is 0. The van der Waals surface area contributed by atoms with E-state index in [0.717, 1.165) is 6.42 Å². The summed E-state index contributed by atoms with van der Waals surface area (Å²) in [6.07, 6.45) is 0.789. The van der Waals surface area contributed by atoms with Crippen LogP contribution in [0.3, 0.4) is 0 Å². The molecule has 5 nitrogen and oxygen atoms in total. The molecule has 3 rings (SSSR count). The number of ether oxygens (including phenoxy) is 1. The van der Waals surface area contributed by atoms with Crippen LogP contribution < -0.4 is 15.4 Å². The van der Waals surface area contributed by atoms with Gasteiger partial charge in [0, 0.05) is 22.2 Å². The van der Waals surface area contributed by atoms with E-state index in [0.29, 0.717) is 17.0 Å². The maximum atomic E-state index is 12.5. The van der Waals surface area contributed by atoms with E-state index in [9.17, 15) is 9.59 Å². The van der Waals surface area contributed by atoms with Crippen LogP contribution in [0.2, 0.25) is 0 Å². The van der Waals surface area contributed by atoms with E-state index < -0.39 is 0 Å². The van der Waals surface area contributed by atoms with Gasteiger partial charge >= 0.3 is 0 Å². The van der Waals surface area contributed by atoms with Gasteiger partial charge in [-0.15, -0.1) is 11.3 Å². The van der Waals surface area contributed by atoms with Crippen LogP contribution in [0.5, 0.6) is 5.75 Å². The van der Waals surface area contributed by atoms with Crippen LogP contribution in [0.15, 0.2) is 30.3 Å². The number of anilines is 1. The first kappa shape index (κ1) is 15.6. The molecule has 120 valence electrons. The molecule has 2 aromatic rings. The highest BCUT2D eigenvalue weighted by atomic mass is 32.1. The van der Waals surface area contributed by atoms with Gasteiger partial charge in [-0.3, -0.25) is 9.59 Å². The molecule has 1 aliphatic rings. The summed E-state index contributed by atoms with van der Waals surface area (Å²) in [5, 5.41) is 5.70. The van der Waals surface area contributed by atoms with Gasteiger partial charge in [0.25, 0.3) is 11.8 Å². The molecule has 6 heteroatoms. The highest BCUT2D eigenvalue weighted by molar-refractivity contribution is 7.11. The molecule has 0 spiro atoms. The fraction of sp³-hybridized carbons (Fsp3) is 0.294. The van der Waals surface area contributed by atoms with Gasteiger partial charge in [0.05, 0.1) is 11.3 Å². The molecule has 1 aromatic heterocycles. The lowest BCUT2D eigenvalue weighted by Gasteiger charge is -2.21. The number of fused-ring (bicyclic) bond motifs is 1. The number of rotatable bonds is 4. The summed E-state index contributed by atoms with van der Waals surface area (Å²) in [6.45, 7) is 3.98. The number of benzene rings is 1. The summed E-state index contributed by atoms with van der Waals surface area (Å²) in [4.78, 5) is 26.4. The van der Waals surface area contributed by atoms with Crippen LogP contribution >= 0.6 is 11.3 Å². The number of carbonyl (C=O) groups excluding carboxylic acids is 2. The largest absolute Gasteiger partial charge is 0.481 e. The predicted octanol–water partition coefficient (Wildman–Crippen LogP) is 2.75. The second-order valence-corrected chi connectivity index (χ2v) is 6.98. The lowest BCUT2D eigenvalue weighted by molar-refractivity contribution is -0.118. The van der Waals surface area contributed by atoms with E-state index in [2.05, 4.69) is 29.7 Å². The summed E-state index contributed by atoms with van der Waals surface area (Å²) < 4.78 is 5.42. The molecule has 1 atom stereocenters. The molecule has 1 aliphatic heterocycles. The van der Waals surface area contributed by atoms with Crippen molar-refractivity contribution in [3.05, 3.63) is 45.6 Å². The molecule has 23 heavy (non-hydrogen) atoms. The molecule has 0 fully saturated rings. The Hall–Kier alpha value is -2.34. The maximum absolute atomic E-state index is 12.5. The van der Waals surface area contributed by atoms with Gasteiger partial charge in [-0.1, -0.05) is 6.07 Å². The quantitative estimate of drug-likeness (QED) is 0.906. The molecule has 2 amide bonds. The van der Waals surface area contributed by atoms with E-state index in [1.165, 1.54) is 9.75 Å². The minimum absolute atomic E-state index is 0.00888. The van der Waals surface area contributed by atoms with Gasteiger partial charge < -0.3 is 15.4 Å². The normalized spacial score (nSPS) is 14.4. The third-order valence-corrected chi connectivity index (χ3v) is 4.59. The summed E-state index contributed by atoms with van der Waals surface area (Å²) in [5.41, 5.74) is 0.979. The van der Waals surface area contributed by atoms with Crippen molar-refractivity contribution in [3.8, 4) is 5.75 Å². The van der Waals surface area contributed by atoms with Crippen LogP contribution in [0.4, 0.5) is 5.69 Å². The number of amides is 2. The van der Waals surface area contributed by atoms with E-state index >= 15 is 0 Å². The van der Waals surface area contributed by atoms with Crippen molar-refractivity contribution in [2.24, 2.45) is 0 Å². The second-order valence-electron chi connectivity index (χ2n) is 5.61. The van der Waals surface area contributed by atoms with Crippen molar-refractivity contribution in [1.82, 2.24) is 5.32 Å². The van der Waals surface area contributed by atoms with Crippen LogP contribution in [0, 0.1) is 6.92 Å². The Balaban J connectivity index is 1.71. The average Bonchev–Trinajstić information content (AvgIpc) is 2.91. The zero-order valence-corrected chi connectivity index (χ0v) is 13.8. The van der Waals surface area contributed by atoms with Crippen molar-refractivity contribution >= 4 is 28.8 Å². The van der Waals surface area contributed by atoms with Gasteiger partial charge in [0.15, 0.2) is 12.4 Å². The average molecular weight is 330 g/mol. The first-order chi connectivity index (χ1) is 11.0. The molecule has 0 radical (unpaired) electrons. The van der Waals surface area contributed by atoms with Gasteiger partial charge in [0.2, 0.25) is 0 Å². The van der Waals surface area contributed by atoms with Gasteiger partial charge in [-0.05, 0) is 38.1 Å². The highest BCUT2D eigenvalue weighted by Gasteiger charge is 2.23. The SMILES string of the molecule is Cc1ccc(C[C@H](C)NC(=O)c2cccc3c2OCC(=O)N3)s1. The Labute approximate surface area is 138 Å². The van der Waals surface area contributed by atoms with Crippen LogP contribution in [0.1, 0.15) is 27.0 Å². The lowest BCUT2D eigenvalue weighted by atomic mass is 10.1. The minimum Gasteiger partial charge on any atom is -0.481 e. The number of para-hydroxylation sites is 1. The number of carbonyl (C=O) groups is 2. The molecular formula is C17H18N2O3S. The van der Waals surface area contributed by atoms with Crippen molar-refractivity contribution in [2.45, 2.75) is 26.3 Å². The van der Waals surface area contributed by atoms with Crippen molar-refractivity contribution < 1.29 is 14.3 Å². The number of hydrogen-bond acceptors (Lipinski definition) is 4. The minimum atomic E-state index is -0.212. The fourth-order valence-electron chi connectivity index (χ4n) is 2.54. The number of thiophene rings is 1. The third-order valence-electron chi connectivity index (χ3n) is 3.56. The standard InChI is InChI=1S/C17H18N2O3S/c1-10(8-12-7-6-11(2)23-12)18-17(21)13-4-3-5-14-16(13)22-9-15(20)19-14/h3-7,10H,8-9H2,1-2H3,(H,18,21)(H,19,20)/t10-/m0/s1. The smallest absolute Gasteiger partial charge is 0.262 e. The zero-order valence-electron chi connectivity index (χ0n) is 13.0. The number of aryl methyl sites for hydroxylation is 1. The van der Waals surface area contributed by atoms with E-state index in [4.69, 9.17) is 4.74 Å². The lowest BCUT2D eigenvalue weighted by Crippen LogP contribution is -2.35. The topological polar surface area (TPSA) is 67.4 Å². The van der Waals surface area contributed by atoms with E-state index in [-0.39, 0.29) is 24.5 Å². The van der Waals surface area contributed by atoms with Crippen LogP contribution in [0.25, 0.3) is 0 Å². The molecule has 0 saturated heterocycles. The Bertz CT molecular complexity index is 754. The molecule has 0 bridgehead atoms. The molecule has 2 N–H and O–H groups in total. The summed E-state index contributed by atoms with van der Waals surface area (Å²) in [5.74, 6) is 0.0269. The first-order valence-corrected chi connectivity index (χ1v) is 8.26. The molecular weight excluding hydrogens is 312 g/mol. The van der Waals surface area contributed by atoms with Gasteiger partial charge in [0.1, 0.15) is 0 Å². The first-order valence-electron chi connectivity index (χ1n) is 7.45. The fourth-order valence-corrected chi connectivity index (χ4v) is 3.56. The van der Waals surface area contributed by atoms with Crippen LogP contribution in [-0.2, 0) is 11.2 Å². The molecule has 0 unspecified atom stereocenters. The number of hydrogen-bond donors (Lipinski definition) is 2. The summed E-state index contributed by atoms with van der Waals surface area (Å²) >= 11 is 1.74. The molecule has 0 saturated carbocycles. The Kier molecular flexibility index (Phi) is 4.34. The Morgan fingerprint density at radius 3 is 2.96 bits per heavy atom. The Morgan fingerprint density at radius 2 is 2.22 bits per heavy atom. The highest BCUT2D eigenvalue weighted by Crippen LogP contribution is 2.31. The monoisotopic (exact) mass is 330 g/mol. The predicted molar refractivity (Wildman–Crippen MR) is 90.3 cm³/mol. The maximum Gasteiger partial charge on any atom is 0.262 e. The second kappa shape index (κ2) is 6.42. The zero-order chi connectivity index (χ0) is 16.4. The summed E-state index contributed by atoms with van der Waals surface area (Å²) in [6, 6.07) is 9.34. The molecule has 0 aliphatic carbocycles. The van der Waals surface area contributed by atoms with Crippen LogP contribution in [-0.4, -0.2) is 24.5 Å². The van der Waals surface area contributed by atoms with Crippen molar-refractivity contribution in [2.75, 3.05) is 11.9 Å². The molecule has 1 aromatic carbocycles. The Morgan fingerprint density at radius 1 is 1.39 bits per heavy atom. The van der Waals surface area contributed by atoms with E-state index in [1.54, 1.807) is 29.5 Å². The molecule has 2 heterocycles. The number of nitrogens with one attached hydrogen (secondary N) is 2. The van der Waals surface area contributed by atoms with Gasteiger partial charge in [-0.25, -0.2) is 0 Å². The third kappa shape index (κ3) is 3.53. The van der Waals surface area contributed by atoms with Crippen molar-refractivity contribution in [1.29, 1.82) is 0 Å². The van der Waals surface area contributed by atoms with Crippen molar-refractivity contribution in [3.63, 3.8) is 0 Å². The van der Waals surface area contributed by atoms with E-state index in [1.807, 2.05) is 6.92 Å². The van der Waals surface area contributed by atoms with Gasteiger partial charge in [-0.2, -0.15) is 0 Å².